The summed E-state index contributed by atoms with van der Waals surface area (Å²) in [6.45, 7) is 4.93. The summed E-state index contributed by atoms with van der Waals surface area (Å²) in [6, 6.07) is 10.1. The van der Waals surface area contributed by atoms with Gasteiger partial charge in [0.05, 0.1) is 29.3 Å². The normalized spacial score (nSPS) is 18.1. The first-order valence-electron chi connectivity index (χ1n) is 11.1. The van der Waals surface area contributed by atoms with E-state index in [0.29, 0.717) is 38.1 Å². The highest BCUT2D eigenvalue weighted by Crippen LogP contribution is 2.33. The van der Waals surface area contributed by atoms with Crippen molar-refractivity contribution in [2.24, 2.45) is 11.8 Å². The second kappa shape index (κ2) is 9.34. The zero-order chi connectivity index (χ0) is 21.8. The van der Waals surface area contributed by atoms with E-state index in [1.807, 2.05) is 36.1 Å². The Bertz CT molecular complexity index is 1000. The number of para-hydroxylation sites is 1. The highest BCUT2D eigenvalue weighted by Gasteiger charge is 2.33. The van der Waals surface area contributed by atoms with E-state index in [-0.39, 0.29) is 23.7 Å². The van der Waals surface area contributed by atoms with Crippen molar-refractivity contribution in [3.8, 4) is 6.07 Å². The number of benzene rings is 1. The number of fused-ring (bicyclic) bond motifs is 1. The molecule has 0 unspecified atom stereocenters. The number of carbonyl (C=O) groups excluding carboxylic acids is 2. The average Bonchev–Trinajstić information content (AvgIpc) is 2.83. The number of piperidine rings is 2. The van der Waals surface area contributed by atoms with Gasteiger partial charge in [0.15, 0.2) is 0 Å². The van der Waals surface area contributed by atoms with Crippen LogP contribution >= 0.6 is 0 Å². The van der Waals surface area contributed by atoms with Crippen molar-refractivity contribution in [1.82, 2.24) is 9.88 Å². The minimum atomic E-state index is -0.138. The third-order valence-corrected chi connectivity index (χ3v) is 6.45. The van der Waals surface area contributed by atoms with E-state index in [9.17, 15) is 14.9 Å². The minimum Gasteiger partial charge on any atom is -0.466 e. The lowest BCUT2D eigenvalue weighted by Gasteiger charge is -2.38. The third-order valence-electron chi connectivity index (χ3n) is 6.45. The lowest BCUT2D eigenvalue weighted by molar-refractivity contribution is -0.151. The van der Waals surface area contributed by atoms with Crippen LogP contribution in [-0.4, -0.2) is 54.5 Å². The van der Waals surface area contributed by atoms with Crippen molar-refractivity contribution >= 4 is 28.5 Å². The van der Waals surface area contributed by atoms with Crippen LogP contribution in [0.4, 0.5) is 5.69 Å². The first-order valence-corrected chi connectivity index (χ1v) is 11.1. The number of esters is 1. The predicted octanol–water partition coefficient (Wildman–Crippen LogP) is 3.12. The molecule has 2 aromatic rings. The molecule has 0 bridgehead atoms. The van der Waals surface area contributed by atoms with Crippen LogP contribution in [0.25, 0.3) is 10.9 Å². The summed E-state index contributed by atoms with van der Waals surface area (Å²) < 4.78 is 5.12. The number of anilines is 1. The van der Waals surface area contributed by atoms with E-state index in [2.05, 4.69) is 16.0 Å². The maximum Gasteiger partial charge on any atom is 0.309 e. The van der Waals surface area contributed by atoms with Gasteiger partial charge in [0.1, 0.15) is 6.07 Å². The molecule has 0 aliphatic carbocycles. The second-order valence-corrected chi connectivity index (χ2v) is 8.26. The predicted molar refractivity (Wildman–Crippen MR) is 117 cm³/mol. The Hall–Kier alpha value is -3.14. The summed E-state index contributed by atoms with van der Waals surface area (Å²) in [4.78, 5) is 33.5. The fraction of sp³-hybridized carbons (Fsp3) is 0.500. The van der Waals surface area contributed by atoms with Crippen molar-refractivity contribution < 1.29 is 14.3 Å². The number of hydrogen-bond acceptors (Lipinski definition) is 6. The Morgan fingerprint density at radius 2 is 1.77 bits per heavy atom. The van der Waals surface area contributed by atoms with E-state index in [0.717, 1.165) is 42.5 Å². The Kier molecular flexibility index (Phi) is 6.36. The van der Waals surface area contributed by atoms with Gasteiger partial charge in [0, 0.05) is 43.7 Å². The highest BCUT2D eigenvalue weighted by atomic mass is 16.5. The SMILES string of the molecule is CCOC(=O)C1CCN(C(=O)C2CCN(c3c(C#N)cnc4ccccc34)CC2)CC1. The van der Waals surface area contributed by atoms with Gasteiger partial charge < -0.3 is 14.5 Å². The van der Waals surface area contributed by atoms with Gasteiger partial charge in [-0.05, 0) is 38.7 Å². The molecule has 0 atom stereocenters. The zero-order valence-corrected chi connectivity index (χ0v) is 17.9. The van der Waals surface area contributed by atoms with Gasteiger partial charge in [0.25, 0.3) is 0 Å². The first-order chi connectivity index (χ1) is 15.1. The molecule has 2 fully saturated rings. The van der Waals surface area contributed by atoms with Crippen LogP contribution in [-0.2, 0) is 14.3 Å². The number of carbonyl (C=O) groups is 2. The first kappa shape index (κ1) is 21.1. The van der Waals surface area contributed by atoms with Gasteiger partial charge in [-0.15, -0.1) is 0 Å². The lowest BCUT2D eigenvalue weighted by atomic mass is 9.91. The Morgan fingerprint density at radius 1 is 1.10 bits per heavy atom. The molecule has 2 aliphatic heterocycles. The number of ether oxygens (including phenoxy) is 1. The molecule has 7 nitrogen and oxygen atoms in total. The van der Waals surface area contributed by atoms with Crippen molar-refractivity contribution in [1.29, 1.82) is 5.26 Å². The molecule has 1 aromatic carbocycles. The summed E-state index contributed by atoms with van der Waals surface area (Å²) in [6.07, 6.45) is 4.52. The quantitative estimate of drug-likeness (QED) is 0.707. The van der Waals surface area contributed by atoms with Crippen LogP contribution < -0.4 is 4.90 Å². The van der Waals surface area contributed by atoms with E-state index >= 15 is 0 Å². The Morgan fingerprint density at radius 3 is 2.45 bits per heavy atom. The number of aromatic nitrogens is 1. The molecule has 2 saturated heterocycles. The Labute approximate surface area is 182 Å². The van der Waals surface area contributed by atoms with Crippen molar-refractivity contribution in [2.75, 3.05) is 37.7 Å². The molecule has 1 aromatic heterocycles. The monoisotopic (exact) mass is 420 g/mol. The largest absolute Gasteiger partial charge is 0.466 e. The number of pyridine rings is 1. The smallest absolute Gasteiger partial charge is 0.309 e. The second-order valence-electron chi connectivity index (χ2n) is 8.26. The molecule has 31 heavy (non-hydrogen) atoms. The van der Waals surface area contributed by atoms with Crippen LogP contribution in [0, 0.1) is 23.2 Å². The van der Waals surface area contributed by atoms with Gasteiger partial charge in [0.2, 0.25) is 5.91 Å². The standard InChI is InChI=1S/C24H28N4O3/c1-2-31-24(30)18-9-13-28(14-10-18)23(29)17-7-11-27(12-8-17)22-19(15-25)16-26-21-6-4-3-5-20(21)22/h3-6,16-18H,2,7-14H2,1H3. The zero-order valence-electron chi connectivity index (χ0n) is 17.9. The number of nitrogens with zero attached hydrogens (tertiary/aromatic N) is 4. The molecule has 0 N–H and O–H groups in total. The van der Waals surface area contributed by atoms with Gasteiger partial charge >= 0.3 is 5.97 Å². The van der Waals surface area contributed by atoms with Crippen molar-refractivity contribution in [2.45, 2.75) is 32.6 Å². The number of hydrogen-bond donors (Lipinski definition) is 0. The molecular formula is C24H28N4O3. The molecule has 7 heteroatoms. The fourth-order valence-electron chi connectivity index (χ4n) is 4.75. The van der Waals surface area contributed by atoms with Crippen LogP contribution in [0.3, 0.4) is 0 Å². The van der Waals surface area contributed by atoms with Gasteiger partial charge in [-0.3, -0.25) is 14.6 Å². The van der Waals surface area contributed by atoms with Crippen LogP contribution in [0.5, 0.6) is 0 Å². The number of likely N-dealkylation sites (tertiary alicyclic amines) is 1. The summed E-state index contributed by atoms with van der Waals surface area (Å²) in [7, 11) is 0. The molecule has 2 aliphatic rings. The summed E-state index contributed by atoms with van der Waals surface area (Å²) in [5.41, 5.74) is 2.37. The summed E-state index contributed by atoms with van der Waals surface area (Å²) in [5, 5.41) is 10.6. The molecule has 1 amide bonds. The summed E-state index contributed by atoms with van der Waals surface area (Å²) >= 11 is 0. The molecule has 4 rings (SSSR count). The topological polar surface area (TPSA) is 86.5 Å². The molecule has 0 radical (unpaired) electrons. The fourth-order valence-corrected chi connectivity index (χ4v) is 4.75. The third kappa shape index (κ3) is 4.34. The maximum atomic E-state index is 13.1. The lowest BCUT2D eigenvalue weighted by Crippen LogP contribution is -2.46. The Balaban J connectivity index is 1.39. The number of nitriles is 1. The molecule has 0 spiro atoms. The number of rotatable bonds is 4. The number of amides is 1. The van der Waals surface area contributed by atoms with Gasteiger partial charge in [-0.25, -0.2) is 0 Å². The van der Waals surface area contributed by atoms with E-state index in [1.54, 1.807) is 6.20 Å². The van der Waals surface area contributed by atoms with Gasteiger partial charge in [-0.1, -0.05) is 18.2 Å². The van der Waals surface area contributed by atoms with E-state index < -0.39 is 0 Å². The molecular weight excluding hydrogens is 392 g/mol. The maximum absolute atomic E-state index is 13.1. The minimum absolute atomic E-state index is 0.00553. The van der Waals surface area contributed by atoms with E-state index in [1.165, 1.54) is 0 Å². The van der Waals surface area contributed by atoms with E-state index in [4.69, 9.17) is 4.74 Å². The summed E-state index contributed by atoms with van der Waals surface area (Å²) in [5.74, 6) is -0.0351. The molecule has 162 valence electrons. The van der Waals surface area contributed by atoms with Crippen LogP contribution in [0.2, 0.25) is 0 Å². The average molecular weight is 421 g/mol. The van der Waals surface area contributed by atoms with Gasteiger partial charge in [-0.2, -0.15) is 5.26 Å². The van der Waals surface area contributed by atoms with Crippen molar-refractivity contribution in [3.63, 3.8) is 0 Å². The molecule has 3 heterocycles. The molecule has 0 saturated carbocycles. The van der Waals surface area contributed by atoms with Crippen LogP contribution in [0.1, 0.15) is 38.2 Å². The van der Waals surface area contributed by atoms with Crippen molar-refractivity contribution in [3.05, 3.63) is 36.0 Å². The highest BCUT2D eigenvalue weighted by molar-refractivity contribution is 5.94. The van der Waals surface area contributed by atoms with Crippen LogP contribution in [0.15, 0.2) is 30.5 Å².